The van der Waals surface area contributed by atoms with E-state index in [0.717, 1.165) is 0 Å². The zero-order valence-corrected chi connectivity index (χ0v) is 21.7. The molecular weight excluding hydrogens is 494 g/mol. The van der Waals surface area contributed by atoms with Crippen LogP contribution in [0, 0.1) is 6.92 Å². The van der Waals surface area contributed by atoms with Crippen LogP contribution in [0.3, 0.4) is 0 Å². The summed E-state index contributed by atoms with van der Waals surface area (Å²) in [6, 6.07) is 15.3. The molecule has 192 valence electrons. The van der Waals surface area contributed by atoms with E-state index in [1.54, 1.807) is 68.4 Å². The molecule has 3 aromatic rings. The number of carbonyl (C=O) groups excluding carboxylic acids is 2. The largest absolute Gasteiger partial charge is 0.507 e. The summed E-state index contributed by atoms with van der Waals surface area (Å²) in [5.41, 5.74) is 1.84. The summed E-state index contributed by atoms with van der Waals surface area (Å²) in [6.45, 7) is 7.64. The number of aliphatic hydroxyl groups excluding tert-OH is 1. The van der Waals surface area contributed by atoms with Crippen molar-refractivity contribution in [2.24, 2.45) is 0 Å². The lowest BCUT2D eigenvalue weighted by Crippen LogP contribution is -2.30. The van der Waals surface area contributed by atoms with Crippen LogP contribution in [-0.2, 0) is 9.59 Å². The van der Waals surface area contributed by atoms with Crippen LogP contribution in [0.4, 0.5) is 5.69 Å². The third-order valence-corrected chi connectivity index (χ3v) is 6.19. The number of phenolic OH excluding ortho intramolecular Hbond substituents is 1. The van der Waals surface area contributed by atoms with Gasteiger partial charge in [-0.3, -0.25) is 14.5 Å². The van der Waals surface area contributed by atoms with Crippen molar-refractivity contribution in [3.05, 3.63) is 87.9 Å². The second-order valence-electron chi connectivity index (χ2n) is 8.95. The van der Waals surface area contributed by atoms with Gasteiger partial charge in [0, 0.05) is 16.3 Å². The van der Waals surface area contributed by atoms with E-state index in [0.29, 0.717) is 39.8 Å². The topological polar surface area (TPSA) is 96.3 Å². The lowest BCUT2D eigenvalue weighted by molar-refractivity contribution is -0.132. The summed E-state index contributed by atoms with van der Waals surface area (Å²) in [6.07, 6.45) is -0.0947. The summed E-state index contributed by atoms with van der Waals surface area (Å²) in [5, 5.41) is 22.1. The summed E-state index contributed by atoms with van der Waals surface area (Å²) in [7, 11) is 0. The molecule has 37 heavy (non-hydrogen) atoms. The standard InChI is InChI=1S/C29H28ClNO6/c1-5-36-24-14-18(10-12-23(24)32)26-25(27(33)19-7-6-8-21(13-19)37-16(2)3)28(34)29(35)31(26)22-15-20(30)11-9-17(22)4/h6-16,26,32-33H,5H2,1-4H3/b27-25+. The van der Waals surface area contributed by atoms with Gasteiger partial charge in [-0.2, -0.15) is 0 Å². The molecule has 8 heteroatoms. The number of benzene rings is 3. The smallest absolute Gasteiger partial charge is 0.300 e. The molecule has 4 rings (SSSR count). The molecular formula is C29H28ClNO6. The molecule has 1 amide bonds. The van der Waals surface area contributed by atoms with Crippen LogP contribution < -0.4 is 14.4 Å². The number of ether oxygens (including phenoxy) is 2. The van der Waals surface area contributed by atoms with E-state index >= 15 is 0 Å². The van der Waals surface area contributed by atoms with Crippen molar-refractivity contribution in [1.82, 2.24) is 0 Å². The number of hydrogen-bond acceptors (Lipinski definition) is 6. The van der Waals surface area contributed by atoms with Gasteiger partial charge >= 0.3 is 0 Å². The quantitative estimate of drug-likeness (QED) is 0.219. The minimum atomic E-state index is -1.01. The Bertz CT molecular complexity index is 1400. The average molecular weight is 522 g/mol. The third-order valence-electron chi connectivity index (χ3n) is 5.95. The fourth-order valence-corrected chi connectivity index (χ4v) is 4.52. The van der Waals surface area contributed by atoms with Gasteiger partial charge in [0.2, 0.25) is 0 Å². The number of Topliss-reactive ketones (excluding diaryl/α,β-unsaturated/α-hetero) is 1. The van der Waals surface area contributed by atoms with Gasteiger partial charge in [-0.15, -0.1) is 0 Å². The van der Waals surface area contributed by atoms with Gasteiger partial charge in [0.1, 0.15) is 11.5 Å². The van der Waals surface area contributed by atoms with Crippen molar-refractivity contribution in [1.29, 1.82) is 0 Å². The van der Waals surface area contributed by atoms with Crippen molar-refractivity contribution in [2.75, 3.05) is 11.5 Å². The number of aromatic hydroxyl groups is 1. The molecule has 1 saturated heterocycles. The molecule has 0 radical (unpaired) electrons. The zero-order chi connectivity index (χ0) is 26.9. The predicted octanol–water partition coefficient (Wildman–Crippen LogP) is 6.17. The fourth-order valence-electron chi connectivity index (χ4n) is 4.35. The Morgan fingerprint density at radius 2 is 1.84 bits per heavy atom. The van der Waals surface area contributed by atoms with E-state index in [4.69, 9.17) is 21.1 Å². The highest BCUT2D eigenvalue weighted by Crippen LogP contribution is 2.45. The first-order valence-electron chi connectivity index (χ1n) is 11.9. The molecule has 2 N–H and O–H groups in total. The molecule has 3 aromatic carbocycles. The Balaban J connectivity index is 1.96. The van der Waals surface area contributed by atoms with Gasteiger partial charge in [-0.05, 0) is 75.2 Å². The number of aryl methyl sites for hydroxylation is 1. The molecule has 0 aromatic heterocycles. The van der Waals surface area contributed by atoms with Gasteiger partial charge in [0.25, 0.3) is 11.7 Å². The molecule has 1 aliphatic heterocycles. The van der Waals surface area contributed by atoms with E-state index in [9.17, 15) is 19.8 Å². The highest BCUT2D eigenvalue weighted by Gasteiger charge is 2.47. The molecule has 0 bridgehead atoms. The van der Waals surface area contributed by atoms with Crippen molar-refractivity contribution in [3.8, 4) is 17.2 Å². The first-order chi connectivity index (χ1) is 17.6. The van der Waals surface area contributed by atoms with Crippen LogP contribution in [-0.4, -0.2) is 34.6 Å². The summed E-state index contributed by atoms with van der Waals surface area (Å²) >= 11 is 6.26. The number of rotatable bonds is 7. The number of hydrogen-bond donors (Lipinski definition) is 2. The molecule has 0 aliphatic carbocycles. The van der Waals surface area contributed by atoms with Crippen molar-refractivity contribution in [3.63, 3.8) is 0 Å². The van der Waals surface area contributed by atoms with Crippen LogP contribution in [0.1, 0.15) is 43.5 Å². The minimum Gasteiger partial charge on any atom is -0.507 e. The first kappa shape index (κ1) is 26.1. The number of halogens is 1. The lowest BCUT2D eigenvalue weighted by Gasteiger charge is -2.27. The van der Waals surface area contributed by atoms with Gasteiger partial charge in [0.15, 0.2) is 11.5 Å². The van der Waals surface area contributed by atoms with E-state index < -0.39 is 17.7 Å². The number of anilines is 1. The van der Waals surface area contributed by atoms with Crippen LogP contribution >= 0.6 is 11.6 Å². The molecule has 1 aliphatic rings. The van der Waals surface area contributed by atoms with Crippen molar-refractivity contribution < 1.29 is 29.3 Å². The number of nitrogens with zero attached hydrogens (tertiary/aromatic N) is 1. The maximum Gasteiger partial charge on any atom is 0.300 e. The highest BCUT2D eigenvalue weighted by atomic mass is 35.5. The highest BCUT2D eigenvalue weighted by molar-refractivity contribution is 6.52. The van der Waals surface area contributed by atoms with E-state index in [-0.39, 0.29) is 28.9 Å². The molecule has 1 atom stereocenters. The third kappa shape index (κ3) is 5.13. The van der Waals surface area contributed by atoms with Gasteiger partial charge in [-0.1, -0.05) is 35.9 Å². The van der Waals surface area contributed by atoms with E-state index in [1.807, 2.05) is 13.8 Å². The molecule has 1 unspecified atom stereocenters. The Morgan fingerprint density at radius 1 is 1.08 bits per heavy atom. The Labute approximate surface area is 220 Å². The monoisotopic (exact) mass is 521 g/mol. The number of carbonyl (C=O) groups is 2. The SMILES string of the molecule is CCOc1cc(C2/C(=C(\O)c3cccc(OC(C)C)c3)C(=O)C(=O)N2c2cc(Cl)ccc2C)ccc1O. The van der Waals surface area contributed by atoms with Crippen LogP contribution in [0.15, 0.2) is 66.2 Å². The average Bonchev–Trinajstić information content (AvgIpc) is 3.11. The lowest BCUT2D eigenvalue weighted by atomic mass is 9.94. The van der Waals surface area contributed by atoms with Gasteiger partial charge in [0.05, 0.1) is 24.3 Å². The number of phenols is 1. The molecule has 0 spiro atoms. The normalized spacial score (nSPS) is 16.9. The minimum absolute atomic E-state index is 0.0833. The number of amides is 1. The fraction of sp³-hybridized carbons (Fsp3) is 0.241. The van der Waals surface area contributed by atoms with E-state index in [2.05, 4.69) is 0 Å². The van der Waals surface area contributed by atoms with Crippen LogP contribution in [0.5, 0.6) is 17.2 Å². The maximum atomic E-state index is 13.5. The van der Waals surface area contributed by atoms with Crippen LogP contribution in [0.2, 0.25) is 5.02 Å². The van der Waals surface area contributed by atoms with Gasteiger partial charge < -0.3 is 19.7 Å². The Hall–Kier alpha value is -3.97. The second kappa shape index (κ2) is 10.6. The summed E-state index contributed by atoms with van der Waals surface area (Å²) in [4.78, 5) is 28.3. The summed E-state index contributed by atoms with van der Waals surface area (Å²) < 4.78 is 11.3. The maximum absolute atomic E-state index is 13.5. The van der Waals surface area contributed by atoms with Gasteiger partial charge in [-0.25, -0.2) is 0 Å². The zero-order valence-electron chi connectivity index (χ0n) is 21.0. The summed E-state index contributed by atoms with van der Waals surface area (Å²) in [5.74, 6) is -1.37. The Morgan fingerprint density at radius 3 is 2.54 bits per heavy atom. The van der Waals surface area contributed by atoms with Crippen molar-refractivity contribution >= 4 is 34.7 Å². The van der Waals surface area contributed by atoms with Crippen molar-refractivity contribution in [2.45, 2.75) is 39.8 Å². The number of aliphatic hydroxyl groups is 1. The Kier molecular flexibility index (Phi) is 7.45. The molecule has 0 saturated carbocycles. The molecule has 1 fully saturated rings. The second-order valence-corrected chi connectivity index (χ2v) is 9.39. The molecule has 7 nitrogen and oxygen atoms in total. The number of ketones is 1. The van der Waals surface area contributed by atoms with Crippen LogP contribution in [0.25, 0.3) is 5.76 Å². The van der Waals surface area contributed by atoms with E-state index in [1.165, 1.54) is 11.0 Å². The predicted molar refractivity (Wildman–Crippen MR) is 142 cm³/mol. The first-order valence-corrected chi connectivity index (χ1v) is 12.3. The molecule has 1 heterocycles.